The fraction of sp³-hybridized carbons (Fsp3) is 0.294. The molecule has 0 radical (unpaired) electrons. The number of ether oxygens (including phenoxy) is 2. The average Bonchev–Trinajstić information content (AvgIpc) is 2.48. The Balaban J connectivity index is 1.97. The highest BCUT2D eigenvalue weighted by Crippen LogP contribution is 2.24. The fourth-order valence-electron chi connectivity index (χ4n) is 1.96. The molecule has 3 heteroatoms. The van der Waals surface area contributed by atoms with Crippen LogP contribution >= 0.6 is 0 Å². The van der Waals surface area contributed by atoms with Gasteiger partial charge in [-0.2, -0.15) is 0 Å². The van der Waals surface area contributed by atoms with Crippen LogP contribution < -0.4 is 14.8 Å². The molecule has 20 heavy (non-hydrogen) atoms. The lowest BCUT2D eigenvalue weighted by Crippen LogP contribution is -2.02. The van der Waals surface area contributed by atoms with Gasteiger partial charge in [-0.05, 0) is 43.7 Å². The molecule has 0 heterocycles. The zero-order valence-corrected chi connectivity index (χ0v) is 12.1. The predicted molar refractivity (Wildman–Crippen MR) is 82.5 cm³/mol. The Morgan fingerprint density at radius 1 is 0.850 bits per heavy atom. The number of benzene rings is 2. The van der Waals surface area contributed by atoms with Crippen LogP contribution in [0.3, 0.4) is 0 Å². The van der Waals surface area contributed by atoms with E-state index in [1.54, 1.807) is 0 Å². The molecule has 2 aromatic carbocycles. The summed E-state index contributed by atoms with van der Waals surface area (Å²) in [6.07, 6.45) is 0. The first-order chi connectivity index (χ1) is 9.83. The lowest BCUT2D eigenvalue weighted by molar-refractivity contribution is 0.340. The SMILES string of the molecule is CCOc1ccc(CNc2ccccc2OCC)cc1. The highest BCUT2D eigenvalue weighted by Gasteiger charge is 2.02. The van der Waals surface area contributed by atoms with Gasteiger partial charge in [-0.25, -0.2) is 0 Å². The number of rotatable bonds is 7. The van der Waals surface area contributed by atoms with E-state index in [0.29, 0.717) is 13.2 Å². The number of anilines is 1. The Bertz CT molecular complexity index is 523. The molecule has 106 valence electrons. The standard InChI is InChI=1S/C17H21NO2/c1-3-19-15-11-9-14(10-12-15)13-18-16-7-5-6-8-17(16)20-4-2/h5-12,18H,3-4,13H2,1-2H3. The van der Waals surface area contributed by atoms with Crippen molar-refractivity contribution in [3.63, 3.8) is 0 Å². The third kappa shape index (κ3) is 3.92. The van der Waals surface area contributed by atoms with Gasteiger partial charge < -0.3 is 14.8 Å². The Morgan fingerprint density at radius 3 is 2.25 bits per heavy atom. The highest BCUT2D eigenvalue weighted by molar-refractivity contribution is 5.56. The fourth-order valence-corrected chi connectivity index (χ4v) is 1.96. The molecule has 2 rings (SSSR count). The molecule has 0 amide bonds. The topological polar surface area (TPSA) is 30.5 Å². The van der Waals surface area contributed by atoms with Crippen LogP contribution in [0.25, 0.3) is 0 Å². The van der Waals surface area contributed by atoms with Gasteiger partial charge in [0.05, 0.1) is 18.9 Å². The maximum atomic E-state index is 5.59. The van der Waals surface area contributed by atoms with Crippen molar-refractivity contribution >= 4 is 5.69 Å². The minimum Gasteiger partial charge on any atom is -0.494 e. The molecule has 0 aromatic heterocycles. The lowest BCUT2D eigenvalue weighted by atomic mass is 10.2. The van der Waals surface area contributed by atoms with Gasteiger partial charge in [-0.15, -0.1) is 0 Å². The molecule has 0 aliphatic rings. The van der Waals surface area contributed by atoms with Crippen molar-refractivity contribution in [3.05, 3.63) is 54.1 Å². The van der Waals surface area contributed by atoms with E-state index in [9.17, 15) is 0 Å². The van der Waals surface area contributed by atoms with Gasteiger partial charge in [-0.3, -0.25) is 0 Å². The third-order valence-electron chi connectivity index (χ3n) is 2.90. The quantitative estimate of drug-likeness (QED) is 0.822. The summed E-state index contributed by atoms with van der Waals surface area (Å²) < 4.78 is 11.0. The molecular weight excluding hydrogens is 250 g/mol. The summed E-state index contributed by atoms with van der Waals surface area (Å²) in [6.45, 7) is 6.10. The smallest absolute Gasteiger partial charge is 0.142 e. The zero-order valence-electron chi connectivity index (χ0n) is 12.1. The van der Waals surface area contributed by atoms with Crippen molar-refractivity contribution in [1.82, 2.24) is 0 Å². The van der Waals surface area contributed by atoms with Gasteiger partial charge in [0.1, 0.15) is 11.5 Å². The van der Waals surface area contributed by atoms with E-state index in [1.807, 2.05) is 50.2 Å². The molecule has 0 atom stereocenters. The summed E-state index contributed by atoms with van der Waals surface area (Å²) in [4.78, 5) is 0. The van der Waals surface area contributed by atoms with Gasteiger partial charge in [0.25, 0.3) is 0 Å². The summed E-state index contributed by atoms with van der Waals surface area (Å²) in [6, 6.07) is 16.1. The third-order valence-corrected chi connectivity index (χ3v) is 2.90. The van der Waals surface area contributed by atoms with Crippen molar-refractivity contribution in [3.8, 4) is 11.5 Å². The van der Waals surface area contributed by atoms with Crippen molar-refractivity contribution in [1.29, 1.82) is 0 Å². The van der Waals surface area contributed by atoms with E-state index in [-0.39, 0.29) is 0 Å². The molecule has 0 bridgehead atoms. The Labute approximate surface area is 120 Å². The van der Waals surface area contributed by atoms with Crippen LogP contribution in [0.2, 0.25) is 0 Å². The second kappa shape index (κ2) is 7.43. The summed E-state index contributed by atoms with van der Waals surface area (Å²) >= 11 is 0. The van der Waals surface area contributed by atoms with E-state index in [2.05, 4.69) is 17.4 Å². The second-order valence-corrected chi connectivity index (χ2v) is 4.36. The van der Waals surface area contributed by atoms with Crippen LogP contribution in [0, 0.1) is 0 Å². The highest BCUT2D eigenvalue weighted by atomic mass is 16.5. The molecule has 2 aromatic rings. The number of para-hydroxylation sites is 2. The van der Waals surface area contributed by atoms with Crippen LogP contribution in [0.15, 0.2) is 48.5 Å². The van der Waals surface area contributed by atoms with Gasteiger partial charge in [0.15, 0.2) is 0 Å². The van der Waals surface area contributed by atoms with Crippen LogP contribution in [0.4, 0.5) is 5.69 Å². The first-order valence-electron chi connectivity index (χ1n) is 7.01. The maximum Gasteiger partial charge on any atom is 0.142 e. The monoisotopic (exact) mass is 271 g/mol. The van der Waals surface area contributed by atoms with Gasteiger partial charge in [-0.1, -0.05) is 24.3 Å². The summed E-state index contributed by atoms with van der Waals surface area (Å²) in [7, 11) is 0. The van der Waals surface area contributed by atoms with Crippen molar-refractivity contribution in [2.45, 2.75) is 20.4 Å². The van der Waals surface area contributed by atoms with Crippen molar-refractivity contribution < 1.29 is 9.47 Å². The molecule has 3 nitrogen and oxygen atoms in total. The molecule has 0 saturated heterocycles. The Morgan fingerprint density at radius 2 is 1.55 bits per heavy atom. The van der Waals surface area contributed by atoms with Crippen LogP contribution in [0.5, 0.6) is 11.5 Å². The number of hydrogen-bond acceptors (Lipinski definition) is 3. The van der Waals surface area contributed by atoms with E-state index >= 15 is 0 Å². The molecule has 1 N–H and O–H groups in total. The van der Waals surface area contributed by atoms with E-state index in [4.69, 9.17) is 9.47 Å². The van der Waals surface area contributed by atoms with Crippen molar-refractivity contribution in [2.75, 3.05) is 18.5 Å². The first kappa shape index (κ1) is 14.3. The zero-order chi connectivity index (χ0) is 14.2. The molecule has 0 spiro atoms. The summed E-state index contributed by atoms with van der Waals surface area (Å²) in [5, 5.41) is 3.40. The Kier molecular flexibility index (Phi) is 5.30. The second-order valence-electron chi connectivity index (χ2n) is 4.36. The molecule has 0 saturated carbocycles. The van der Waals surface area contributed by atoms with E-state index in [0.717, 1.165) is 23.7 Å². The number of nitrogens with one attached hydrogen (secondary N) is 1. The molecule has 0 aliphatic carbocycles. The normalized spacial score (nSPS) is 10.1. The molecule has 0 aliphatic heterocycles. The van der Waals surface area contributed by atoms with Crippen LogP contribution in [0.1, 0.15) is 19.4 Å². The predicted octanol–water partition coefficient (Wildman–Crippen LogP) is 4.10. The Hall–Kier alpha value is -2.16. The minimum atomic E-state index is 0.668. The number of hydrogen-bond donors (Lipinski definition) is 1. The molecule has 0 fully saturated rings. The largest absolute Gasteiger partial charge is 0.494 e. The van der Waals surface area contributed by atoms with E-state index < -0.39 is 0 Å². The summed E-state index contributed by atoms with van der Waals surface area (Å²) in [5.74, 6) is 1.80. The lowest BCUT2D eigenvalue weighted by Gasteiger charge is -2.12. The molecular formula is C17H21NO2. The van der Waals surface area contributed by atoms with Gasteiger partial charge in [0.2, 0.25) is 0 Å². The molecule has 0 unspecified atom stereocenters. The van der Waals surface area contributed by atoms with Gasteiger partial charge >= 0.3 is 0 Å². The van der Waals surface area contributed by atoms with Crippen LogP contribution in [-0.4, -0.2) is 13.2 Å². The van der Waals surface area contributed by atoms with E-state index in [1.165, 1.54) is 5.56 Å². The van der Waals surface area contributed by atoms with Gasteiger partial charge in [0, 0.05) is 6.54 Å². The maximum absolute atomic E-state index is 5.59. The minimum absolute atomic E-state index is 0.668. The first-order valence-corrected chi connectivity index (χ1v) is 7.01. The average molecular weight is 271 g/mol. The van der Waals surface area contributed by atoms with Crippen LogP contribution in [-0.2, 0) is 6.54 Å². The van der Waals surface area contributed by atoms with Crippen molar-refractivity contribution in [2.24, 2.45) is 0 Å². The summed E-state index contributed by atoms with van der Waals surface area (Å²) in [5.41, 5.74) is 2.22.